The first-order chi connectivity index (χ1) is 13.7. The molecule has 0 spiro atoms. The summed E-state index contributed by atoms with van der Waals surface area (Å²) in [7, 11) is 0. The van der Waals surface area contributed by atoms with Crippen LogP contribution in [0.4, 0.5) is 0 Å². The highest BCUT2D eigenvalue weighted by Crippen LogP contribution is 2.35. The molecular weight excluding hydrogens is 344 g/mol. The minimum absolute atomic E-state index is 0.205. The molecule has 1 unspecified atom stereocenters. The van der Waals surface area contributed by atoms with Crippen molar-refractivity contribution in [1.29, 1.82) is 0 Å². The number of para-hydroxylation sites is 1. The second-order valence-corrected chi connectivity index (χ2v) is 7.22. The minimum atomic E-state index is 0.205. The Morgan fingerprint density at radius 2 is 1.71 bits per heavy atom. The van der Waals surface area contributed by atoms with Gasteiger partial charge < -0.3 is 4.42 Å². The van der Waals surface area contributed by atoms with E-state index in [-0.39, 0.29) is 5.92 Å². The molecule has 3 nitrogen and oxygen atoms in total. The van der Waals surface area contributed by atoms with Gasteiger partial charge in [0, 0.05) is 28.5 Å². The maximum atomic E-state index is 6.25. The van der Waals surface area contributed by atoms with Crippen LogP contribution >= 0.6 is 0 Å². The quantitative estimate of drug-likeness (QED) is 0.367. The fourth-order valence-corrected chi connectivity index (χ4v) is 3.73. The zero-order valence-corrected chi connectivity index (χ0v) is 15.9. The van der Waals surface area contributed by atoms with Gasteiger partial charge in [0.15, 0.2) is 0 Å². The van der Waals surface area contributed by atoms with Gasteiger partial charge in [0.1, 0.15) is 5.58 Å². The van der Waals surface area contributed by atoms with Gasteiger partial charge in [-0.15, -0.1) is 0 Å². The highest BCUT2D eigenvalue weighted by Gasteiger charge is 2.16. The van der Waals surface area contributed by atoms with Crippen molar-refractivity contribution < 1.29 is 4.42 Å². The van der Waals surface area contributed by atoms with Crippen molar-refractivity contribution >= 4 is 22.1 Å². The van der Waals surface area contributed by atoms with Crippen LogP contribution in [-0.2, 0) is 0 Å². The van der Waals surface area contributed by atoms with Crippen molar-refractivity contribution in [2.75, 3.05) is 0 Å². The topological polar surface area (TPSA) is 38.9 Å². The summed E-state index contributed by atoms with van der Waals surface area (Å²) in [6.07, 6.45) is 1.84. The average molecular weight is 364 g/mol. The van der Waals surface area contributed by atoms with Gasteiger partial charge in [-0.05, 0) is 48.4 Å². The minimum Gasteiger partial charge on any atom is -0.437 e. The Balaban J connectivity index is 1.67. The van der Waals surface area contributed by atoms with Gasteiger partial charge in [-0.1, -0.05) is 49.4 Å². The molecule has 0 aliphatic rings. The van der Waals surface area contributed by atoms with Crippen molar-refractivity contribution in [3.05, 3.63) is 95.8 Å². The predicted molar refractivity (Wildman–Crippen MR) is 113 cm³/mol. The van der Waals surface area contributed by atoms with E-state index in [1.165, 1.54) is 11.1 Å². The van der Waals surface area contributed by atoms with Crippen LogP contribution < -0.4 is 0 Å². The molecule has 0 fully saturated rings. The van der Waals surface area contributed by atoms with Crippen LogP contribution in [0.3, 0.4) is 0 Å². The highest BCUT2D eigenvalue weighted by atomic mass is 16.3. The van der Waals surface area contributed by atoms with Crippen LogP contribution in [0.2, 0.25) is 0 Å². The Kier molecular flexibility index (Phi) is 3.94. The van der Waals surface area contributed by atoms with Gasteiger partial charge in [-0.2, -0.15) is 0 Å². The van der Waals surface area contributed by atoms with E-state index in [1.807, 2.05) is 18.3 Å². The summed E-state index contributed by atoms with van der Waals surface area (Å²) in [5, 5.41) is 2.11. The molecule has 0 saturated heterocycles. The van der Waals surface area contributed by atoms with Crippen LogP contribution in [0.1, 0.15) is 29.7 Å². The van der Waals surface area contributed by atoms with E-state index in [0.717, 1.165) is 33.3 Å². The number of hydrogen-bond acceptors (Lipinski definition) is 3. The van der Waals surface area contributed by atoms with E-state index in [4.69, 9.17) is 9.40 Å². The monoisotopic (exact) mass is 364 g/mol. The lowest BCUT2D eigenvalue weighted by Crippen LogP contribution is -1.98. The Morgan fingerprint density at radius 3 is 2.54 bits per heavy atom. The predicted octanol–water partition coefficient (Wildman–Crippen LogP) is 6.50. The van der Waals surface area contributed by atoms with E-state index >= 15 is 0 Å². The lowest BCUT2D eigenvalue weighted by molar-refractivity contribution is 0.650. The Labute approximate surface area is 163 Å². The molecule has 0 bridgehead atoms. The molecule has 0 aliphatic carbocycles. The molecule has 0 radical (unpaired) electrons. The SMILES string of the molecule is Cc1ccnc(-c2cccc3c2oc2nc(C(C)c4ccccc4)ccc23)c1. The standard InChI is InChI=1S/C25H20N2O/c1-16-13-14-26-23(15-16)21-10-6-9-19-20-11-12-22(27-25(20)28-24(19)21)17(2)18-7-4-3-5-8-18/h3-15,17H,1-2H3. The molecular formula is C25H20N2O. The molecule has 5 aromatic rings. The number of rotatable bonds is 3. The normalized spacial score (nSPS) is 12.5. The zero-order chi connectivity index (χ0) is 19.1. The average Bonchev–Trinajstić information content (AvgIpc) is 3.11. The van der Waals surface area contributed by atoms with E-state index in [1.54, 1.807) is 0 Å². The third-order valence-corrected chi connectivity index (χ3v) is 5.32. The summed E-state index contributed by atoms with van der Waals surface area (Å²) in [5.74, 6) is 0.205. The largest absolute Gasteiger partial charge is 0.437 e. The van der Waals surface area contributed by atoms with Gasteiger partial charge >= 0.3 is 0 Å². The summed E-state index contributed by atoms with van der Waals surface area (Å²) in [6, 6.07) is 24.9. The number of hydrogen-bond donors (Lipinski definition) is 0. The maximum absolute atomic E-state index is 6.25. The maximum Gasteiger partial charge on any atom is 0.227 e. The summed E-state index contributed by atoms with van der Waals surface area (Å²) in [4.78, 5) is 9.39. The third kappa shape index (κ3) is 2.76. The van der Waals surface area contributed by atoms with Crippen LogP contribution in [0.5, 0.6) is 0 Å². The Hall–Kier alpha value is -3.46. The van der Waals surface area contributed by atoms with Gasteiger partial charge in [0.2, 0.25) is 5.71 Å². The van der Waals surface area contributed by atoms with Crippen LogP contribution in [0.25, 0.3) is 33.3 Å². The van der Waals surface area contributed by atoms with Crippen LogP contribution in [0.15, 0.2) is 83.4 Å². The van der Waals surface area contributed by atoms with Gasteiger partial charge in [-0.25, -0.2) is 4.98 Å². The molecule has 0 aliphatic heterocycles. The number of benzene rings is 2. The number of furan rings is 1. The van der Waals surface area contributed by atoms with Gasteiger partial charge in [-0.3, -0.25) is 4.98 Å². The molecule has 5 rings (SSSR count). The molecule has 3 heterocycles. The second kappa shape index (κ2) is 6.61. The van der Waals surface area contributed by atoms with Crippen molar-refractivity contribution in [2.45, 2.75) is 19.8 Å². The second-order valence-electron chi connectivity index (χ2n) is 7.22. The van der Waals surface area contributed by atoms with Crippen molar-refractivity contribution in [3.8, 4) is 11.3 Å². The Bertz CT molecular complexity index is 1290. The van der Waals surface area contributed by atoms with E-state index in [2.05, 4.69) is 79.5 Å². The summed E-state index contributed by atoms with van der Waals surface area (Å²) in [6.45, 7) is 4.25. The van der Waals surface area contributed by atoms with Crippen molar-refractivity contribution in [1.82, 2.24) is 9.97 Å². The lowest BCUT2D eigenvalue weighted by atomic mass is 9.97. The summed E-state index contributed by atoms with van der Waals surface area (Å²) in [5.41, 5.74) is 6.86. The van der Waals surface area contributed by atoms with E-state index < -0.39 is 0 Å². The first-order valence-electron chi connectivity index (χ1n) is 9.51. The zero-order valence-electron chi connectivity index (χ0n) is 15.9. The molecule has 0 amide bonds. The van der Waals surface area contributed by atoms with Crippen molar-refractivity contribution in [2.24, 2.45) is 0 Å². The fraction of sp³-hybridized carbons (Fsp3) is 0.120. The number of aryl methyl sites for hydroxylation is 1. The number of fused-ring (bicyclic) bond motifs is 3. The van der Waals surface area contributed by atoms with E-state index in [0.29, 0.717) is 5.71 Å². The van der Waals surface area contributed by atoms with Crippen LogP contribution in [-0.4, -0.2) is 9.97 Å². The molecule has 3 aromatic heterocycles. The molecule has 3 heteroatoms. The lowest BCUT2D eigenvalue weighted by Gasteiger charge is -2.10. The summed E-state index contributed by atoms with van der Waals surface area (Å²) < 4.78 is 6.25. The molecule has 1 atom stereocenters. The number of aromatic nitrogens is 2. The van der Waals surface area contributed by atoms with E-state index in [9.17, 15) is 0 Å². The van der Waals surface area contributed by atoms with Gasteiger partial charge in [0.25, 0.3) is 0 Å². The molecule has 28 heavy (non-hydrogen) atoms. The van der Waals surface area contributed by atoms with Crippen molar-refractivity contribution in [3.63, 3.8) is 0 Å². The molecule has 2 aromatic carbocycles. The fourth-order valence-electron chi connectivity index (χ4n) is 3.73. The molecule has 0 N–H and O–H groups in total. The first kappa shape index (κ1) is 16.7. The molecule has 0 saturated carbocycles. The summed E-state index contributed by atoms with van der Waals surface area (Å²) >= 11 is 0. The molecule has 136 valence electrons. The smallest absolute Gasteiger partial charge is 0.227 e. The highest BCUT2D eigenvalue weighted by molar-refractivity contribution is 6.08. The first-order valence-corrected chi connectivity index (χ1v) is 9.51. The number of nitrogens with zero attached hydrogens (tertiary/aromatic N) is 2. The third-order valence-electron chi connectivity index (χ3n) is 5.32. The Morgan fingerprint density at radius 1 is 0.857 bits per heavy atom. The van der Waals surface area contributed by atoms with Gasteiger partial charge in [0.05, 0.1) is 11.4 Å². The van der Waals surface area contributed by atoms with Crippen LogP contribution in [0, 0.1) is 6.92 Å². The number of pyridine rings is 2.